The lowest BCUT2D eigenvalue weighted by molar-refractivity contribution is -0.123. The molecule has 2 aromatic carbocycles. The summed E-state index contributed by atoms with van der Waals surface area (Å²) in [6.07, 6.45) is 6.91. The minimum atomic E-state index is -0.653. The number of nitriles is 1. The molecule has 200 valence electrons. The molecule has 4 aromatic rings. The summed E-state index contributed by atoms with van der Waals surface area (Å²) >= 11 is 14.8. The Morgan fingerprint density at radius 2 is 1.77 bits per heavy atom. The van der Waals surface area contributed by atoms with Gasteiger partial charge in [-0.1, -0.05) is 80.1 Å². The molecular formula is C32H26Cl2N4OS. The Kier molecular flexibility index (Phi) is 6.70. The predicted octanol–water partition coefficient (Wildman–Crippen LogP) is 8.24. The van der Waals surface area contributed by atoms with Crippen molar-refractivity contribution in [1.82, 2.24) is 9.78 Å². The topological polar surface area (TPSA) is 61.9 Å². The van der Waals surface area contributed by atoms with Crippen LogP contribution in [0.4, 0.5) is 5.00 Å². The number of carbonyl (C=O) groups excluding carboxylic acids is 1. The summed E-state index contributed by atoms with van der Waals surface area (Å²) in [6.45, 7) is 6.30. The molecule has 0 saturated carbocycles. The Balaban J connectivity index is 1.38. The summed E-state index contributed by atoms with van der Waals surface area (Å²) in [5.74, 6) is -0.173. The number of alkyl halides is 1. The van der Waals surface area contributed by atoms with Gasteiger partial charge in [0.1, 0.15) is 21.6 Å². The molecule has 1 amide bonds. The maximum absolute atomic E-state index is 13.0. The molecule has 3 heterocycles. The van der Waals surface area contributed by atoms with Crippen LogP contribution >= 0.6 is 34.5 Å². The molecule has 0 spiro atoms. The van der Waals surface area contributed by atoms with Crippen LogP contribution in [-0.4, -0.2) is 21.1 Å². The first-order valence-electron chi connectivity index (χ1n) is 13.0. The lowest BCUT2D eigenvalue weighted by Gasteiger charge is -2.43. The normalized spacial score (nSPS) is 19.8. The second-order valence-corrected chi connectivity index (χ2v) is 12.6. The highest BCUT2D eigenvalue weighted by Gasteiger charge is 2.50. The van der Waals surface area contributed by atoms with Crippen LogP contribution in [0.5, 0.6) is 0 Å². The van der Waals surface area contributed by atoms with Gasteiger partial charge in [0.25, 0.3) is 0 Å². The molecule has 1 aliphatic carbocycles. The minimum absolute atomic E-state index is 0.173. The number of carbonyl (C=O) groups is 1. The van der Waals surface area contributed by atoms with E-state index in [-0.39, 0.29) is 17.4 Å². The van der Waals surface area contributed by atoms with Gasteiger partial charge in [-0.15, -0.1) is 22.9 Å². The van der Waals surface area contributed by atoms with Crippen LogP contribution in [0, 0.1) is 18.3 Å². The second kappa shape index (κ2) is 10.1. The van der Waals surface area contributed by atoms with Gasteiger partial charge in [-0.05, 0) is 48.8 Å². The number of hydrogen-bond donors (Lipinski definition) is 0. The number of para-hydroxylation sites is 1. The Labute approximate surface area is 247 Å². The van der Waals surface area contributed by atoms with Crippen molar-refractivity contribution in [1.29, 1.82) is 5.26 Å². The van der Waals surface area contributed by atoms with Crippen LogP contribution < -0.4 is 4.90 Å². The SMILES string of the molecule is Cc1nn(-c2ccccc2)c(Cl)c1/C=C\C1=Cc2c(sc(N3C(=O)C(Cl)C3c3ccccc3)c2C#N)C(C)(C)C1. The van der Waals surface area contributed by atoms with E-state index in [1.807, 2.05) is 73.7 Å². The molecular weight excluding hydrogens is 559 g/mol. The zero-order chi connectivity index (χ0) is 28.2. The highest BCUT2D eigenvalue weighted by atomic mass is 35.5. The van der Waals surface area contributed by atoms with E-state index in [9.17, 15) is 10.1 Å². The fourth-order valence-electron chi connectivity index (χ4n) is 5.56. The average Bonchev–Trinajstić information content (AvgIpc) is 3.46. The third-order valence-electron chi connectivity index (χ3n) is 7.53. The van der Waals surface area contributed by atoms with E-state index in [1.54, 1.807) is 9.58 Å². The van der Waals surface area contributed by atoms with Gasteiger partial charge in [-0.3, -0.25) is 9.69 Å². The standard InChI is InChI=1S/C32H26Cl2N4OS/c1-19-23(29(34)38(36-19)22-12-8-5-9-13-22)15-14-20-16-24-25(18-35)31(40-28(24)32(2,3)17-20)37-27(26(33)30(37)39)21-10-6-4-7-11-21/h4-16,26-27H,17H2,1-3H3/b15-14-. The van der Waals surface area contributed by atoms with Crippen molar-refractivity contribution in [3.63, 3.8) is 0 Å². The molecule has 8 heteroatoms. The van der Waals surface area contributed by atoms with Crippen LogP contribution in [0.2, 0.25) is 5.15 Å². The summed E-state index contributed by atoms with van der Waals surface area (Å²) in [5, 5.41) is 15.5. The minimum Gasteiger partial charge on any atom is -0.292 e. The summed E-state index contributed by atoms with van der Waals surface area (Å²) < 4.78 is 1.74. The Morgan fingerprint density at radius 1 is 1.10 bits per heavy atom. The van der Waals surface area contributed by atoms with Crippen LogP contribution in [0.25, 0.3) is 17.8 Å². The fourth-order valence-corrected chi connectivity index (χ4v) is 7.63. The first-order chi connectivity index (χ1) is 19.2. The smallest absolute Gasteiger partial charge is 0.248 e. The first-order valence-corrected chi connectivity index (χ1v) is 14.6. The van der Waals surface area contributed by atoms with Crippen molar-refractivity contribution in [2.24, 2.45) is 0 Å². The fraction of sp³-hybridized carbons (Fsp3) is 0.219. The quantitative estimate of drug-likeness (QED) is 0.175. The number of allylic oxidation sites excluding steroid dienone is 2. The van der Waals surface area contributed by atoms with Gasteiger partial charge in [0.2, 0.25) is 5.91 Å². The molecule has 1 fully saturated rings. The van der Waals surface area contributed by atoms with E-state index < -0.39 is 5.38 Å². The van der Waals surface area contributed by atoms with Gasteiger partial charge in [-0.25, -0.2) is 4.68 Å². The lowest BCUT2D eigenvalue weighted by atomic mass is 9.77. The molecule has 6 rings (SSSR count). The molecule has 2 aliphatic rings. The van der Waals surface area contributed by atoms with Crippen molar-refractivity contribution in [3.8, 4) is 11.8 Å². The molecule has 0 bridgehead atoms. The van der Waals surface area contributed by atoms with Crippen LogP contribution in [0.3, 0.4) is 0 Å². The Bertz CT molecular complexity index is 1730. The number of halogens is 2. The van der Waals surface area contributed by atoms with Crippen molar-refractivity contribution in [3.05, 3.63) is 110 Å². The number of fused-ring (bicyclic) bond motifs is 1. The van der Waals surface area contributed by atoms with Crippen molar-refractivity contribution in [2.45, 2.75) is 44.0 Å². The third-order valence-corrected chi connectivity index (χ3v) is 9.89. The third kappa shape index (κ3) is 4.30. The Morgan fingerprint density at radius 3 is 2.45 bits per heavy atom. The number of benzene rings is 2. The highest BCUT2D eigenvalue weighted by molar-refractivity contribution is 7.17. The highest BCUT2D eigenvalue weighted by Crippen LogP contribution is 2.53. The molecule has 2 atom stereocenters. The van der Waals surface area contributed by atoms with E-state index in [0.717, 1.165) is 44.9 Å². The number of thiophene rings is 1. The molecule has 1 saturated heterocycles. The summed E-state index contributed by atoms with van der Waals surface area (Å²) in [5.41, 5.74) is 5.77. The summed E-state index contributed by atoms with van der Waals surface area (Å²) in [4.78, 5) is 15.8. The number of amides is 1. The maximum Gasteiger partial charge on any atom is 0.248 e. The van der Waals surface area contributed by atoms with Gasteiger partial charge in [0, 0.05) is 21.4 Å². The number of aryl methyl sites for hydroxylation is 1. The van der Waals surface area contributed by atoms with E-state index >= 15 is 0 Å². The van der Waals surface area contributed by atoms with Gasteiger partial charge in [0.05, 0.1) is 23.0 Å². The van der Waals surface area contributed by atoms with Gasteiger partial charge < -0.3 is 0 Å². The number of nitrogens with zero attached hydrogens (tertiary/aromatic N) is 4. The summed E-state index contributed by atoms with van der Waals surface area (Å²) in [7, 11) is 0. The van der Waals surface area contributed by atoms with Crippen LogP contribution in [-0.2, 0) is 10.2 Å². The van der Waals surface area contributed by atoms with E-state index in [1.165, 1.54) is 11.3 Å². The average molecular weight is 586 g/mol. The van der Waals surface area contributed by atoms with Crippen molar-refractivity contribution < 1.29 is 4.79 Å². The summed E-state index contributed by atoms with van der Waals surface area (Å²) in [6, 6.07) is 21.6. The number of rotatable bonds is 5. The molecule has 0 radical (unpaired) electrons. The zero-order valence-electron chi connectivity index (χ0n) is 22.2. The van der Waals surface area contributed by atoms with Crippen LogP contribution in [0.15, 0.2) is 72.3 Å². The zero-order valence-corrected chi connectivity index (χ0v) is 24.6. The Hall–Kier alpha value is -3.63. The second-order valence-electron chi connectivity index (χ2n) is 10.8. The first kappa shape index (κ1) is 26.6. The number of hydrogen-bond acceptors (Lipinski definition) is 4. The molecule has 40 heavy (non-hydrogen) atoms. The number of β-lactam (4-membered cyclic amide) rings is 1. The largest absolute Gasteiger partial charge is 0.292 e. The van der Waals surface area contributed by atoms with E-state index in [0.29, 0.717) is 15.7 Å². The molecule has 2 aromatic heterocycles. The van der Waals surface area contributed by atoms with Gasteiger partial charge in [0.15, 0.2) is 0 Å². The van der Waals surface area contributed by atoms with Crippen LogP contribution in [0.1, 0.15) is 59.1 Å². The van der Waals surface area contributed by atoms with E-state index in [2.05, 4.69) is 37.2 Å². The molecule has 2 unspecified atom stereocenters. The lowest BCUT2D eigenvalue weighted by Crippen LogP contribution is -2.56. The molecule has 0 N–H and O–H groups in total. The van der Waals surface area contributed by atoms with Gasteiger partial charge in [-0.2, -0.15) is 10.4 Å². The number of anilines is 1. The van der Waals surface area contributed by atoms with Crippen molar-refractivity contribution in [2.75, 3.05) is 4.90 Å². The predicted molar refractivity (Wildman–Crippen MR) is 163 cm³/mol. The monoisotopic (exact) mass is 584 g/mol. The van der Waals surface area contributed by atoms with Gasteiger partial charge >= 0.3 is 0 Å². The van der Waals surface area contributed by atoms with Crippen molar-refractivity contribution >= 4 is 57.6 Å². The molecule has 1 aliphatic heterocycles. The van der Waals surface area contributed by atoms with E-state index in [4.69, 9.17) is 23.2 Å². The number of aromatic nitrogens is 2. The maximum atomic E-state index is 13.0. The molecule has 5 nitrogen and oxygen atoms in total.